The Labute approximate surface area is 56.0 Å². The van der Waals surface area contributed by atoms with Gasteiger partial charge in [0.05, 0.1) is 0 Å². The van der Waals surface area contributed by atoms with Crippen LogP contribution >= 0.6 is 19.4 Å². The molecule has 0 N–H and O–H groups in total. The topological polar surface area (TPSA) is 17.1 Å². The van der Waals surface area contributed by atoms with Crippen molar-refractivity contribution >= 4 is 19.4 Å². The Kier molecular flexibility index (Phi) is 34.2. The zero-order chi connectivity index (χ0) is 4.71. The molecular weight excluding hydrogens is 218 g/mol. The average Bonchev–Trinajstić information content (AvgIpc) is 1.46. The summed E-state index contributed by atoms with van der Waals surface area (Å²) in [6.07, 6.45) is 0. The van der Waals surface area contributed by atoms with Gasteiger partial charge in [0.25, 0.3) is 0 Å². The fourth-order valence-electron chi connectivity index (χ4n) is 0. The summed E-state index contributed by atoms with van der Waals surface area (Å²) in [5.41, 5.74) is 0. The zero-order valence-electron chi connectivity index (χ0n) is 2.58. The van der Waals surface area contributed by atoms with Crippen LogP contribution < -0.4 is 0 Å². The van der Waals surface area contributed by atoms with E-state index in [0.29, 0.717) is 0 Å². The Balaban J connectivity index is 0. The molecule has 24 valence electrons. The van der Waals surface area contributed by atoms with E-state index in [9.17, 15) is 0 Å². The van der Waals surface area contributed by atoms with Crippen LogP contribution in [0.3, 0.4) is 0 Å². The van der Waals surface area contributed by atoms with Gasteiger partial charge in [-0.15, -0.1) is 0 Å². The molecule has 0 radical (unpaired) electrons. The van der Waals surface area contributed by atoms with Crippen LogP contribution in [0.1, 0.15) is 0 Å². The van der Waals surface area contributed by atoms with Crippen molar-refractivity contribution in [3.05, 3.63) is 0 Å². The van der Waals surface area contributed by atoms with Crippen molar-refractivity contribution in [3.63, 3.8) is 0 Å². The SMILES string of the molecule is [Cl][Zn][Cl].[O]=[Zn]. The van der Waals surface area contributed by atoms with Crippen LogP contribution in [0.4, 0.5) is 0 Å². The Hall–Kier alpha value is 1.63. The minimum atomic E-state index is -0.931. The molecule has 5 heavy (non-hydrogen) atoms. The van der Waals surface area contributed by atoms with E-state index in [1.807, 2.05) is 0 Å². The molecule has 0 aromatic rings. The van der Waals surface area contributed by atoms with Crippen molar-refractivity contribution in [2.45, 2.75) is 0 Å². The van der Waals surface area contributed by atoms with Gasteiger partial charge in [-0.05, 0) is 0 Å². The van der Waals surface area contributed by atoms with Gasteiger partial charge in [-0.25, -0.2) is 0 Å². The molecule has 0 aliphatic carbocycles. The third-order valence-corrected chi connectivity index (χ3v) is 0. The van der Waals surface area contributed by atoms with Crippen molar-refractivity contribution in [2.24, 2.45) is 0 Å². The predicted octanol–water partition coefficient (Wildman–Crippen LogP) is 1.26. The molecule has 0 aromatic heterocycles. The first kappa shape index (κ1) is 9.80. The monoisotopic (exact) mass is 214 g/mol. The Morgan fingerprint density at radius 1 is 1.40 bits per heavy atom. The molecule has 1 nitrogen and oxygen atoms in total. The van der Waals surface area contributed by atoms with Crippen LogP contribution in [0.2, 0.25) is 0 Å². The second-order valence-corrected chi connectivity index (χ2v) is 4.72. The van der Waals surface area contributed by atoms with Crippen molar-refractivity contribution in [3.8, 4) is 0 Å². The number of halogens is 2. The molecule has 0 aliphatic rings. The van der Waals surface area contributed by atoms with Gasteiger partial charge in [0.1, 0.15) is 0 Å². The molecule has 0 aliphatic heterocycles. The molecule has 0 rings (SSSR count). The van der Waals surface area contributed by atoms with Crippen LogP contribution in [-0.4, -0.2) is 0 Å². The summed E-state index contributed by atoms with van der Waals surface area (Å²) in [6, 6.07) is 0. The van der Waals surface area contributed by atoms with Gasteiger partial charge in [0, 0.05) is 0 Å². The second kappa shape index (κ2) is 17.5. The first-order chi connectivity index (χ1) is 2.41. The molecular formula is Cl2OZn2. The van der Waals surface area contributed by atoms with Crippen LogP contribution in [0, 0.1) is 0 Å². The van der Waals surface area contributed by atoms with E-state index in [0.717, 1.165) is 0 Å². The van der Waals surface area contributed by atoms with E-state index in [-0.39, 0.29) is 18.3 Å². The van der Waals surface area contributed by atoms with Crippen LogP contribution in [0.25, 0.3) is 0 Å². The normalized spacial score (nSPS) is 3.20. The first-order valence-electron chi connectivity index (χ1n) is 0.823. The Morgan fingerprint density at radius 2 is 1.40 bits per heavy atom. The molecule has 0 saturated carbocycles. The molecule has 0 atom stereocenters. The fourth-order valence-corrected chi connectivity index (χ4v) is 0. The molecule has 0 bridgehead atoms. The predicted molar refractivity (Wildman–Crippen MR) is 12.4 cm³/mol. The maximum absolute atomic E-state index is 8.38. The summed E-state index contributed by atoms with van der Waals surface area (Å²) in [5, 5.41) is 0. The molecule has 0 spiro atoms. The van der Waals surface area contributed by atoms with Crippen LogP contribution in [0.5, 0.6) is 0 Å². The van der Waals surface area contributed by atoms with E-state index in [1.54, 1.807) is 0 Å². The summed E-state index contributed by atoms with van der Waals surface area (Å²) >= 11 is -0.806. The minimum absolute atomic E-state index is 0.125. The summed E-state index contributed by atoms with van der Waals surface area (Å²) in [6.45, 7) is 0. The van der Waals surface area contributed by atoms with E-state index in [1.165, 1.54) is 0 Å². The first-order valence-corrected chi connectivity index (χ1v) is 9.83. The third-order valence-electron chi connectivity index (χ3n) is 0. The number of hydrogen-bond acceptors (Lipinski definition) is 1. The molecule has 0 unspecified atom stereocenters. The molecule has 0 amide bonds. The van der Waals surface area contributed by atoms with Gasteiger partial charge in [-0.1, -0.05) is 0 Å². The van der Waals surface area contributed by atoms with Gasteiger partial charge >= 0.3 is 56.4 Å². The molecule has 0 saturated heterocycles. The summed E-state index contributed by atoms with van der Waals surface area (Å²) in [4.78, 5) is 0. The fraction of sp³-hybridized carbons (Fsp3) is 0. The van der Waals surface area contributed by atoms with Crippen molar-refractivity contribution in [2.75, 3.05) is 0 Å². The summed E-state index contributed by atoms with van der Waals surface area (Å²) in [5.74, 6) is 0. The van der Waals surface area contributed by atoms with Crippen LogP contribution in [0.15, 0.2) is 0 Å². The average molecular weight is 218 g/mol. The van der Waals surface area contributed by atoms with Crippen molar-refractivity contribution < 1.29 is 37.0 Å². The summed E-state index contributed by atoms with van der Waals surface area (Å²) < 4.78 is 8.38. The zero-order valence-corrected chi connectivity index (χ0v) is 10.0. The molecule has 0 fully saturated rings. The van der Waals surface area contributed by atoms with Gasteiger partial charge in [-0.2, -0.15) is 0 Å². The van der Waals surface area contributed by atoms with Gasteiger partial charge in [0.2, 0.25) is 0 Å². The van der Waals surface area contributed by atoms with E-state index in [4.69, 9.17) is 23.0 Å². The van der Waals surface area contributed by atoms with Crippen LogP contribution in [-0.2, 0) is 37.0 Å². The van der Waals surface area contributed by atoms with Gasteiger partial charge < -0.3 is 0 Å². The van der Waals surface area contributed by atoms with E-state index < -0.39 is 15.1 Å². The summed E-state index contributed by atoms with van der Waals surface area (Å²) in [7, 11) is 9.90. The number of rotatable bonds is 0. The van der Waals surface area contributed by atoms with E-state index >= 15 is 0 Å². The van der Waals surface area contributed by atoms with Gasteiger partial charge in [-0.3, -0.25) is 0 Å². The molecule has 0 aromatic carbocycles. The quantitative estimate of drug-likeness (QED) is 0.559. The van der Waals surface area contributed by atoms with Crippen molar-refractivity contribution in [1.82, 2.24) is 0 Å². The third kappa shape index (κ3) is 28.0. The molecule has 0 heterocycles. The van der Waals surface area contributed by atoms with E-state index in [2.05, 4.69) is 0 Å². The maximum atomic E-state index is 8.38. The van der Waals surface area contributed by atoms with Crippen molar-refractivity contribution in [1.29, 1.82) is 0 Å². The molecule has 5 heteroatoms. The number of hydrogen-bond donors (Lipinski definition) is 0. The Bertz CT molecular complexity index is 11.6. The van der Waals surface area contributed by atoms with Gasteiger partial charge in [0.15, 0.2) is 0 Å². The second-order valence-electron chi connectivity index (χ2n) is 0.101. The Morgan fingerprint density at radius 3 is 1.40 bits per heavy atom. The standard InChI is InChI=1S/2ClH.O.2Zn/h2*1H;;;/q;;;;+2/p-2.